The van der Waals surface area contributed by atoms with Crippen LogP contribution in [0.5, 0.6) is 0 Å². The van der Waals surface area contributed by atoms with Gasteiger partial charge in [-0.25, -0.2) is 0 Å². The number of fused-ring (bicyclic) bond motifs is 1. The van der Waals surface area contributed by atoms with Crippen molar-refractivity contribution < 1.29 is 0 Å². The van der Waals surface area contributed by atoms with E-state index in [0.29, 0.717) is 5.56 Å². The number of nitrogens with zero attached hydrogens (tertiary/aromatic N) is 1. The molecule has 0 atom stereocenters. The standard InChI is InChI=1S/C37H35N/c38-29-31-25-23-30(24-26-31)28-37(34-18-6-3-7-19-34,35-20-8-4-9-21-35)27-12-2-1-5-14-32-16-13-17-33-15-10-11-22-36(32)33/h3-4,6-11,13,15-26H,1-2,5,12,14,27-28H2. The molecule has 38 heavy (non-hydrogen) atoms. The van der Waals surface area contributed by atoms with Crippen molar-refractivity contribution in [2.75, 3.05) is 0 Å². The lowest BCUT2D eigenvalue weighted by Gasteiger charge is -2.36. The zero-order valence-corrected chi connectivity index (χ0v) is 22.0. The number of rotatable bonds is 11. The molecular formula is C37H35N. The first kappa shape index (κ1) is 25.5. The van der Waals surface area contributed by atoms with Gasteiger partial charge in [-0.2, -0.15) is 5.26 Å². The first-order valence-electron chi connectivity index (χ1n) is 13.9. The van der Waals surface area contributed by atoms with E-state index in [1.807, 2.05) is 12.1 Å². The van der Waals surface area contributed by atoms with Crippen LogP contribution in [-0.2, 0) is 18.3 Å². The summed E-state index contributed by atoms with van der Waals surface area (Å²) in [7, 11) is 0. The summed E-state index contributed by atoms with van der Waals surface area (Å²) in [5.74, 6) is 0. The molecule has 0 aromatic heterocycles. The van der Waals surface area contributed by atoms with Gasteiger partial charge in [0.05, 0.1) is 11.6 Å². The minimum Gasteiger partial charge on any atom is -0.192 e. The van der Waals surface area contributed by atoms with Crippen molar-refractivity contribution in [1.82, 2.24) is 0 Å². The van der Waals surface area contributed by atoms with Crippen molar-refractivity contribution in [3.8, 4) is 6.07 Å². The minimum atomic E-state index is -0.105. The predicted molar refractivity (Wildman–Crippen MR) is 159 cm³/mol. The molecule has 0 bridgehead atoms. The Bertz CT molecular complexity index is 1430. The molecule has 0 saturated heterocycles. The Balaban J connectivity index is 1.32. The van der Waals surface area contributed by atoms with Crippen LogP contribution in [0.25, 0.3) is 10.8 Å². The summed E-state index contributed by atoms with van der Waals surface area (Å²) in [4.78, 5) is 0. The van der Waals surface area contributed by atoms with Crippen LogP contribution in [0.4, 0.5) is 0 Å². The van der Waals surface area contributed by atoms with Crippen molar-refractivity contribution in [3.63, 3.8) is 0 Å². The Hall–Kier alpha value is -4.15. The second kappa shape index (κ2) is 12.4. The molecule has 0 fully saturated rings. The second-order valence-electron chi connectivity index (χ2n) is 10.4. The third-order valence-electron chi connectivity index (χ3n) is 7.92. The molecule has 5 rings (SSSR count). The molecule has 1 heteroatoms. The summed E-state index contributed by atoms with van der Waals surface area (Å²) in [5.41, 5.74) is 6.08. The van der Waals surface area contributed by atoms with Crippen molar-refractivity contribution in [2.45, 2.75) is 50.4 Å². The maximum Gasteiger partial charge on any atom is 0.0991 e. The zero-order chi connectivity index (χ0) is 26.0. The van der Waals surface area contributed by atoms with Crippen LogP contribution >= 0.6 is 0 Å². The highest BCUT2D eigenvalue weighted by Gasteiger charge is 2.33. The Morgan fingerprint density at radius 1 is 0.553 bits per heavy atom. The molecule has 5 aromatic rings. The van der Waals surface area contributed by atoms with Crippen LogP contribution in [0.3, 0.4) is 0 Å². The molecule has 0 N–H and O–H groups in total. The van der Waals surface area contributed by atoms with E-state index in [9.17, 15) is 5.26 Å². The molecular weight excluding hydrogens is 458 g/mol. The summed E-state index contributed by atoms with van der Waals surface area (Å²) >= 11 is 0. The van der Waals surface area contributed by atoms with E-state index in [1.54, 1.807) is 0 Å². The number of aryl methyl sites for hydroxylation is 1. The van der Waals surface area contributed by atoms with Crippen molar-refractivity contribution >= 4 is 10.8 Å². The number of unbranched alkanes of at least 4 members (excludes halogenated alkanes) is 3. The van der Waals surface area contributed by atoms with Gasteiger partial charge >= 0.3 is 0 Å². The van der Waals surface area contributed by atoms with Crippen LogP contribution in [0.1, 0.15) is 59.9 Å². The Kier molecular flexibility index (Phi) is 8.32. The van der Waals surface area contributed by atoms with Gasteiger partial charge in [-0.05, 0) is 70.8 Å². The van der Waals surface area contributed by atoms with E-state index in [1.165, 1.54) is 58.7 Å². The molecule has 1 nitrogen and oxygen atoms in total. The highest BCUT2D eigenvalue weighted by Crippen LogP contribution is 2.40. The fourth-order valence-corrected chi connectivity index (χ4v) is 5.91. The van der Waals surface area contributed by atoms with Crippen LogP contribution in [0, 0.1) is 11.3 Å². The normalized spacial score (nSPS) is 11.3. The molecule has 0 amide bonds. The monoisotopic (exact) mass is 493 g/mol. The third kappa shape index (κ3) is 5.87. The lowest BCUT2D eigenvalue weighted by Crippen LogP contribution is -2.30. The molecule has 0 radical (unpaired) electrons. The van der Waals surface area contributed by atoms with E-state index in [4.69, 9.17) is 0 Å². The van der Waals surface area contributed by atoms with Crippen LogP contribution in [0.2, 0.25) is 0 Å². The summed E-state index contributed by atoms with van der Waals surface area (Å²) in [6.45, 7) is 0. The van der Waals surface area contributed by atoms with E-state index in [-0.39, 0.29) is 5.41 Å². The van der Waals surface area contributed by atoms with Gasteiger partial charge in [0, 0.05) is 5.41 Å². The van der Waals surface area contributed by atoms with E-state index >= 15 is 0 Å². The fraction of sp³-hybridized carbons (Fsp3) is 0.216. The van der Waals surface area contributed by atoms with Gasteiger partial charge in [-0.3, -0.25) is 0 Å². The topological polar surface area (TPSA) is 23.8 Å². The lowest BCUT2D eigenvalue weighted by atomic mass is 9.67. The van der Waals surface area contributed by atoms with Gasteiger partial charge in [0.2, 0.25) is 0 Å². The maximum absolute atomic E-state index is 9.28. The highest BCUT2D eigenvalue weighted by atomic mass is 14.4. The number of hydrogen-bond acceptors (Lipinski definition) is 1. The van der Waals surface area contributed by atoms with Crippen molar-refractivity contribution in [2.24, 2.45) is 0 Å². The average molecular weight is 494 g/mol. The number of hydrogen-bond donors (Lipinski definition) is 0. The smallest absolute Gasteiger partial charge is 0.0991 e. The Labute approximate surface area is 227 Å². The number of benzene rings is 5. The Morgan fingerprint density at radius 2 is 1.16 bits per heavy atom. The molecule has 0 unspecified atom stereocenters. The van der Waals surface area contributed by atoms with E-state index < -0.39 is 0 Å². The largest absolute Gasteiger partial charge is 0.192 e. The van der Waals surface area contributed by atoms with Crippen LogP contribution in [-0.4, -0.2) is 0 Å². The predicted octanol–water partition coefficient (Wildman–Crippen LogP) is 9.43. The second-order valence-corrected chi connectivity index (χ2v) is 10.4. The highest BCUT2D eigenvalue weighted by molar-refractivity contribution is 5.85. The minimum absolute atomic E-state index is 0.105. The van der Waals surface area contributed by atoms with Gasteiger partial charge in [-0.15, -0.1) is 0 Å². The fourth-order valence-electron chi connectivity index (χ4n) is 5.91. The van der Waals surface area contributed by atoms with Crippen LogP contribution in [0.15, 0.2) is 127 Å². The molecule has 0 saturated carbocycles. The van der Waals surface area contributed by atoms with Crippen LogP contribution < -0.4 is 0 Å². The number of nitriles is 1. The molecule has 0 aliphatic heterocycles. The first-order valence-corrected chi connectivity index (χ1v) is 13.9. The van der Waals surface area contributed by atoms with E-state index in [0.717, 1.165) is 19.3 Å². The Morgan fingerprint density at radius 3 is 1.84 bits per heavy atom. The molecule has 0 aliphatic carbocycles. The molecule has 0 spiro atoms. The van der Waals surface area contributed by atoms with Crippen molar-refractivity contribution in [1.29, 1.82) is 5.26 Å². The van der Waals surface area contributed by atoms with Gasteiger partial charge in [0.25, 0.3) is 0 Å². The summed E-state index contributed by atoms with van der Waals surface area (Å²) < 4.78 is 0. The summed E-state index contributed by atoms with van der Waals surface area (Å²) in [5, 5.41) is 12.0. The SMILES string of the molecule is N#Cc1ccc(CC(CCCCCCc2cccc3ccccc23)(c2ccccc2)c2ccccc2)cc1. The van der Waals surface area contributed by atoms with Gasteiger partial charge in [-0.1, -0.05) is 135 Å². The maximum atomic E-state index is 9.28. The zero-order valence-electron chi connectivity index (χ0n) is 22.0. The van der Waals surface area contributed by atoms with E-state index in [2.05, 4.69) is 121 Å². The molecule has 0 heterocycles. The van der Waals surface area contributed by atoms with Gasteiger partial charge < -0.3 is 0 Å². The molecule has 0 aliphatic rings. The van der Waals surface area contributed by atoms with Gasteiger partial charge in [0.15, 0.2) is 0 Å². The molecule has 5 aromatic carbocycles. The summed E-state index contributed by atoms with van der Waals surface area (Å²) in [6, 6.07) is 47.8. The van der Waals surface area contributed by atoms with Gasteiger partial charge in [0.1, 0.15) is 0 Å². The summed E-state index contributed by atoms with van der Waals surface area (Å²) in [6.07, 6.45) is 8.00. The average Bonchev–Trinajstić information content (AvgIpc) is 2.99. The van der Waals surface area contributed by atoms with Crippen molar-refractivity contribution in [3.05, 3.63) is 155 Å². The quantitative estimate of drug-likeness (QED) is 0.168. The lowest BCUT2D eigenvalue weighted by molar-refractivity contribution is 0.436. The molecule has 188 valence electrons. The third-order valence-corrected chi connectivity index (χ3v) is 7.92. The first-order chi connectivity index (χ1) is 18.8.